The summed E-state index contributed by atoms with van der Waals surface area (Å²) in [7, 11) is 0. The Morgan fingerprint density at radius 3 is 2.77 bits per heavy atom. The number of β-amino-alcohol motifs (C(OH)–C–C–N with tert-alkyl or cyclic N) is 1. The van der Waals surface area contributed by atoms with Crippen LogP contribution >= 0.6 is 0 Å². The maximum Gasteiger partial charge on any atom is 0.417 e. The highest BCUT2D eigenvalue weighted by Gasteiger charge is 2.39. The lowest BCUT2D eigenvalue weighted by Gasteiger charge is -2.21. The Balaban J connectivity index is 1.43. The average molecular weight is 484 g/mol. The van der Waals surface area contributed by atoms with Gasteiger partial charge in [0, 0.05) is 18.1 Å². The van der Waals surface area contributed by atoms with E-state index in [4.69, 9.17) is 4.74 Å². The topological polar surface area (TPSA) is 107 Å². The summed E-state index contributed by atoms with van der Waals surface area (Å²) in [5.74, 6) is 0.872. The summed E-state index contributed by atoms with van der Waals surface area (Å²) in [6, 6.07) is 6.90. The standard InChI is InChI=1S/C23H19F3N6O3/c1-2-13-7-15(3-4-18(13)35-21-17-5-6-28-20(17)29-12-30-21)32-19(33)11-31(22(32)34)16-8-14(9-27-10-16)23(24,25)26/h3-10,12,19,33H,2,11H2,1H3,(H,28,29,30)/t19-/m0/s1. The molecule has 35 heavy (non-hydrogen) atoms. The summed E-state index contributed by atoms with van der Waals surface area (Å²) in [6.07, 6.45) is -0.387. The zero-order chi connectivity index (χ0) is 24.7. The van der Waals surface area contributed by atoms with Crippen LogP contribution in [0.2, 0.25) is 0 Å². The number of urea groups is 1. The summed E-state index contributed by atoms with van der Waals surface area (Å²) in [4.78, 5) is 30.2. The summed E-state index contributed by atoms with van der Waals surface area (Å²) in [6.45, 7) is 1.69. The van der Waals surface area contributed by atoms with Crippen LogP contribution < -0.4 is 14.5 Å². The number of aromatic nitrogens is 4. The van der Waals surface area contributed by atoms with Crippen LogP contribution in [0.1, 0.15) is 18.1 Å². The van der Waals surface area contributed by atoms with Gasteiger partial charge in [-0.05, 0) is 42.3 Å². The van der Waals surface area contributed by atoms with E-state index in [-0.39, 0.29) is 12.2 Å². The smallest absolute Gasteiger partial charge is 0.417 e. The number of nitrogens with one attached hydrogen (secondary N) is 1. The molecule has 1 aliphatic rings. The predicted molar refractivity (Wildman–Crippen MR) is 120 cm³/mol. The van der Waals surface area contributed by atoms with Crippen LogP contribution in [0.4, 0.5) is 29.3 Å². The van der Waals surface area contributed by atoms with Gasteiger partial charge in [0.25, 0.3) is 0 Å². The molecule has 0 radical (unpaired) electrons. The van der Waals surface area contributed by atoms with Gasteiger partial charge < -0.3 is 14.8 Å². The number of hydrogen-bond donors (Lipinski definition) is 2. The molecule has 2 N–H and O–H groups in total. The number of halogens is 3. The minimum atomic E-state index is -4.61. The molecule has 4 heterocycles. The number of amides is 2. The Bertz CT molecular complexity index is 1410. The first-order chi connectivity index (χ1) is 16.8. The Morgan fingerprint density at radius 2 is 2.00 bits per heavy atom. The number of pyridine rings is 1. The van der Waals surface area contributed by atoms with E-state index in [0.29, 0.717) is 41.0 Å². The molecule has 12 heteroatoms. The SMILES string of the molecule is CCc1cc(N2C(=O)N(c3cncc(C(F)(F)F)c3)C[C@@H]2O)ccc1Oc1ncnc2[nH]ccc12. The molecule has 1 atom stereocenters. The second kappa shape index (κ2) is 8.55. The van der Waals surface area contributed by atoms with E-state index in [9.17, 15) is 23.1 Å². The second-order valence-electron chi connectivity index (χ2n) is 7.84. The van der Waals surface area contributed by atoms with Gasteiger partial charge in [-0.2, -0.15) is 13.2 Å². The van der Waals surface area contributed by atoms with E-state index < -0.39 is 24.0 Å². The molecule has 5 rings (SSSR count). The number of H-pyrrole nitrogens is 1. The van der Waals surface area contributed by atoms with E-state index in [0.717, 1.165) is 27.6 Å². The molecule has 2 amide bonds. The minimum Gasteiger partial charge on any atom is -0.438 e. The van der Waals surface area contributed by atoms with Crippen molar-refractivity contribution in [2.45, 2.75) is 25.7 Å². The zero-order valence-corrected chi connectivity index (χ0v) is 18.3. The molecule has 1 aliphatic heterocycles. The number of alkyl halides is 3. The lowest BCUT2D eigenvalue weighted by Crippen LogP contribution is -2.35. The normalized spacial score (nSPS) is 16.4. The van der Waals surface area contributed by atoms with Crippen LogP contribution in [0, 0.1) is 0 Å². The van der Waals surface area contributed by atoms with Gasteiger partial charge in [0.05, 0.1) is 29.4 Å². The van der Waals surface area contributed by atoms with Crippen molar-refractivity contribution in [1.29, 1.82) is 0 Å². The van der Waals surface area contributed by atoms with Crippen LogP contribution in [0.15, 0.2) is 55.2 Å². The third-order valence-corrected chi connectivity index (χ3v) is 5.67. The Labute approximate surface area is 196 Å². The number of carbonyl (C=O) groups is 1. The summed E-state index contributed by atoms with van der Waals surface area (Å²) in [5, 5.41) is 11.3. The van der Waals surface area contributed by atoms with E-state index in [1.54, 1.807) is 30.5 Å². The van der Waals surface area contributed by atoms with Crippen molar-refractivity contribution in [3.05, 3.63) is 66.4 Å². The van der Waals surface area contributed by atoms with Gasteiger partial charge in [-0.1, -0.05) is 6.92 Å². The number of carbonyl (C=O) groups excluding carboxylic acids is 1. The van der Waals surface area contributed by atoms with Gasteiger partial charge in [-0.25, -0.2) is 14.8 Å². The van der Waals surface area contributed by atoms with Crippen molar-refractivity contribution in [3.8, 4) is 11.6 Å². The first kappa shape index (κ1) is 22.6. The first-order valence-corrected chi connectivity index (χ1v) is 10.7. The van der Waals surface area contributed by atoms with E-state index >= 15 is 0 Å². The third-order valence-electron chi connectivity index (χ3n) is 5.67. The number of anilines is 2. The fourth-order valence-electron chi connectivity index (χ4n) is 3.93. The molecule has 180 valence electrons. The quantitative estimate of drug-likeness (QED) is 0.432. The number of nitrogens with zero attached hydrogens (tertiary/aromatic N) is 5. The molecule has 4 aromatic rings. The number of ether oxygens (including phenoxy) is 1. The number of rotatable bonds is 5. The Morgan fingerprint density at radius 1 is 1.17 bits per heavy atom. The molecular weight excluding hydrogens is 465 g/mol. The number of fused-ring (bicyclic) bond motifs is 1. The van der Waals surface area contributed by atoms with Crippen molar-refractivity contribution in [1.82, 2.24) is 19.9 Å². The van der Waals surface area contributed by atoms with Crippen molar-refractivity contribution in [2.24, 2.45) is 0 Å². The zero-order valence-electron chi connectivity index (χ0n) is 18.3. The number of aromatic amines is 1. The van der Waals surface area contributed by atoms with Crippen LogP contribution in [0.5, 0.6) is 11.6 Å². The highest BCUT2D eigenvalue weighted by Crippen LogP contribution is 2.36. The number of aliphatic hydroxyl groups is 1. The van der Waals surface area contributed by atoms with Crippen molar-refractivity contribution in [3.63, 3.8) is 0 Å². The largest absolute Gasteiger partial charge is 0.438 e. The minimum absolute atomic E-state index is 0.0543. The molecule has 0 spiro atoms. The van der Waals surface area contributed by atoms with Gasteiger partial charge in [-0.15, -0.1) is 0 Å². The highest BCUT2D eigenvalue weighted by molar-refractivity contribution is 6.06. The van der Waals surface area contributed by atoms with Crippen molar-refractivity contribution >= 4 is 28.4 Å². The lowest BCUT2D eigenvalue weighted by atomic mass is 10.1. The van der Waals surface area contributed by atoms with E-state index in [1.807, 2.05) is 6.92 Å². The van der Waals surface area contributed by atoms with Crippen molar-refractivity contribution in [2.75, 3.05) is 16.3 Å². The number of hydrogen-bond acceptors (Lipinski definition) is 6. The predicted octanol–water partition coefficient (Wildman–Crippen LogP) is 4.49. The Hall–Kier alpha value is -4.19. The van der Waals surface area contributed by atoms with Crippen LogP contribution in [-0.2, 0) is 12.6 Å². The fraction of sp³-hybridized carbons (Fsp3) is 0.217. The van der Waals surface area contributed by atoms with Crippen LogP contribution in [-0.4, -0.2) is 43.8 Å². The number of benzene rings is 1. The van der Waals surface area contributed by atoms with Crippen LogP contribution in [0.3, 0.4) is 0 Å². The van der Waals surface area contributed by atoms with Gasteiger partial charge in [0.15, 0.2) is 6.23 Å². The van der Waals surface area contributed by atoms with Gasteiger partial charge in [-0.3, -0.25) is 14.8 Å². The van der Waals surface area contributed by atoms with Crippen LogP contribution in [0.25, 0.3) is 11.0 Å². The molecule has 0 bridgehead atoms. The van der Waals surface area contributed by atoms with E-state index in [1.165, 1.54) is 6.33 Å². The molecule has 0 aliphatic carbocycles. The molecule has 0 unspecified atom stereocenters. The number of aliphatic hydroxyl groups excluding tert-OH is 1. The van der Waals surface area contributed by atoms with Gasteiger partial charge in [0.1, 0.15) is 17.7 Å². The molecule has 1 aromatic carbocycles. The monoisotopic (exact) mass is 484 g/mol. The third kappa shape index (κ3) is 4.12. The number of aryl methyl sites for hydroxylation is 1. The van der Waals surface area contributed by atoms with Gasteiger partial charge >= 0.3 is 12.2 Å². The highest BCUT2D eigenvalue weighted by atomic mass is 19.4. The molecule has 3 aromatic heterocycles. The summed E-state index contributed by atoms with van der Waals surface area (Å²) >= 11 is 0. The molecular formula is C23H19F3N6O3. The first-order valence-electron chi connectivity index (χ1n) is 10.7. The fourth-order valence-corrected chi connectivity index (χ4v) is 3.93. The lowest BCUT2D eigenvalue weighted by molar-refractivity contribution is -0.137. The van der Waals surface area contributed by atoms with Gasteiger partial charge in [0.2, 0.25) is 5.88 Å². The molecule has 1 fully saturated rings. The van der Waals surface area contributed by atoms with E-state index in [2.05, 4.69) is 19.9 Å². The molecule has 0 saturated carbocycles. The van der Waals surface area contributed by atoms with Crippen molar-refractivity contribution < 1.29 is 27.8 Å². The average Bonchev–Trinajstić information content (AvgIpc) is 3.43. The summed E-state index contributed by atoms with van der Waals surface area (Å²) in [5.41, 5.74) is 0.709. The molecule has 1 saturated heterocycles. The molecule has 9 nitrogen and oxygen atoms in total. The second-order valence-corrected chi connectivity index (χ2v) is 7.84. The maximum absolute atomic E-state index is 13.1. The summed E-state index contributed by atoms with van der Waals surface area (Å²) < 4.78 is 45.3. The Kier molecular flexibility index (Phi) is 5.52. The maximum atomic E-state index is 13.1.